The molecular weight excluding hydrogens is 311 g/mol. The molecule has 1 aromatic rings. The van der Waals surface area contributed by atoms with Crippen molar-refractivity contribution in [3.05, 3.63) is 29.6 Å². The number of hydrogen-bond acceptors (Lipinski definition) is 3. The zero-order valence-corrected chi connectivity index (χ0v) is 14.5. The SMILES string of the molecule is CN1C(=O)c2ccc(F)cc2OC2CN(C(=O)CC(C)(C)C)CC21. The van der Waals surface area contributed by atoms with E-state index in [4.69, 9.17) is 4.74 Å². The van der Waals surface area contributed by atoms with Crippen molar-refractivity contribution in [1.29, 1.82) is 0 Å². The highest BCUT2D eigenvalue weighted by molar-refractivity contribution is 5.97. The van der Waals surface area contributed by atoms with Crippen molar-refractivity contribution >= 4 is 11.8 Å². The molecule has 0 aliphatic carbocycles. The van der Waals surface area contributed by atoms with Gasteiger partial charge in [-0.25, -0.2) is 4.39 Å². The second kappa shape index (κ2) is 5.76. The van der Waals surface area contributed by atoms with E-state index in [1.54, 1.807) is 16.8 Å². The van der Waals surface area contributed by atoms with Gasteiger partial charge in [0.1, 0.15) is 17.7 Å². The molecule has 3 rings (SSSR count). The van der Waals surface area contributed by atoms with E-state index in [9.17, 15) is 14.0 Å². The van der Waals surface area contributed by atoms with Crippen LogP contribution in [0.5, 0.6) is 5.75 Å². The maximum Gasteiger partial charge on any atom is 0.257 e. The zero-order valence-electron chi connectivity index (χ0n) is 14.5. The third-order valence-electron chi connectivity index (χ3n) is 4.54. The summed E-state index contributed by atoms with van der Waals surface area (Å²) in [6.07, 6.45) is 0.0981. The number of amides is 2. The van der Waals surface area contributed by atoms with Gasteiger partial charge in [-0.3, -0.25) is 9.59 Å². The van der Waals surface area contributed by atoms with Crippen LogP contribution in [0.25, 0.3) is 0 Å². The van der Waals surface area contributed by atoms with Crippen molar-refractivity contribution in [2.24, 2.45) is 5.41 Å². The van der Waals surface area contributed by atoms with Gasteiger partial charge in [0.05, 0.1) is 18.2 Å². The molecule has 2 unspecified atom stereocenters. The molecule has 2 aliphatic heterocycles. The first-order valence-electron chi connectivity index (χ1n) is 8.17. The lowest BCUT2D eigenvalue weighted by molar-refractivity contribution is -0.132. The predicted octanol–water partition coefficient (Wildman–Crippen LogP) is 2.31. The Morgan fingerprint density at radius 1 is 1.33 bits per heavy atom. The van der Waals surface area contributed by atoms with Crippen LogP contribution in [0.2, 0.25) is 0 Å². The Labute approximate surface area is 141 Å². The summed E-state index contributed by atoms with van der Waals surface area (Å²) < 4.78 is 19.4. The summed E-state index contributed by atoms with van der Waals surface area (Å²) in [5, 5.41) is 0. The van der Waals surface area contributed by atoms with E-state index in [0.717, 1.165) is 0 Å². The first-order valence-corrected chi connectivity index (χ1v) is 8.17. The second-order valence-electron chi connectivity index (χ2n) is 7.82. The zero-order chi connectivity index (χ0) is 17.6. The van der Waals surface area contributed by atoms with Gasteiger partial charge in [0.15, 0.2) is 0 Å². The number of halogens is 1. The standard InChI is InChI=1S/C18H23FN2O3/c1-18(2,3)8-16(22)21-9-13-15(10-21)24-14-7-11(19)5-6-12(14)17(23)20(13)4/h5-7,13,15H,8-10H2,1-4H3. The maximum absolute atomic E-state index is 13.5. The molecule has 2 atom stereocenters. The van der Waals surface area contributed by atoms with Gasteiger partial charge in [-0.1, -0.05) is 20.8 Å². The third-order valence-corrected chi connectivity index (χ3v) is 4.54. The normalized spacial score (nSPS) is 23.5. The number of likely N-dealkylation sites (tertiary alicyclic amines) is 1. The summed E-state index contributed by atoms with van der Waals surface area (Å²) in [7, 11) is 1.71. The van der Waals surface area contributed by atoms with Crippen molar-refractivity contribution in [2.45, 2.75) is 39.3 Å². The van der Waals surface area contributed by atoms with Crippen LogP contribution in [0.4, 0.5) is 4.39 Å². The molecule has 0 aromatic heterocycles. The van der Waals surface area contributed by atoms with Crippen LogP contribution < -0.4 is 4.74 Å². The fourth-order valence-corrected chi connectivity index (χ4v) is 3.29. The van der Waals surface area contributed by atoms with Crippen LogP contribution in [0.3, 0.4) is 0 Å². The lowest BCUT2D eigenvalue weighted by Gasteiger charge is -2.25. The van der Waals surface area contributed by atoms with Gasteiger partial charge in [0.25, 0.3) is 5.91 Å². The average Bonchev–Trinajstić information content (AvgIpc) is 2.84. The number of benzene rings is 1. The fourth-order valence-electron chi connectivity index (χ4n) is 3.29. The minimum atomic E-state index is -0.443. The molecule has 130 valence electrons. The van der Waals surface area contributed by atoms with E-state index in [2.05, 4.69) is 0 Å². The topological polar surface area (TPSA) is 49.9 Å². The molecule has 0 radical (unpaired) electrons. The number of hydrogen-bond donors (Lipinski definition) is 0. The van der Waals surface area contributed by atoms with Crippen LogP contribution in [0, 0.1) is 11.2 Å². The van der Waals surface area contributed by atoms with Crippen molar-refractivity contribution in [3.8, 4) is 5.75 Å². The summed E-state index contributed by atoms with van der Waals surface area (Å²) in [6, 6.07) is 3.72. The Morgan fingerprint density at radius 2 is 2.04 bits per heavy atom. The predicted molar refractivity (Wildman–Crippen MR) is 87.3 cm³/mol. The molecule has 2 amide bonds. The Hall–Kier alpha value is -2.11. The summed E-state index contributed by atoms with van der Waals surface area (Å²) in [6.45, 7) is 6.91. The molecular formula is C18H23FN2O3. The summed E-state index contributed by atoms with van der Waals surface area (Å²) in [4.78, 5) is 28.5. The van der Waals surface area contributed by atoms with Gasteiger partial charge in [0, 0.05) is 26.1 Å². The fraction of sp³-hybridized carbons (Fsp3) is 0.556. The van der Waals surface area contributed by atoms with Gasteiger partial charge in [-0.15, -0.1) is 0 Å². The largest absolute Gasteiger partial charge is 0.485 e. The van der Waals surface area contributed by atoms with Crippen molar-refractivity contribution in [2.75, 3.05) is 20.1 Å². The van der Waals surface area contributed by atoms with E-state index in [0.29, 0.717) is 25.1 Å². The number of fused-ring (bicyclic) bond motifs is 2. The highest BCUT2D eigenvalue weighted by Crippen LogP contribution is 2.32. The molecule has 1 fully saturated rings. The monoisotopic (exact) mass is 334 g/mol. The Morgan fingerprint density at radius 3 is 2.71 bits per heavy atom. The van der Waals surface area contributed by atoms with E-state index < -0.39 is 5.82 Å². The maximum atomic E-state index is 13.5. The van der Waals surface area contributed by atoms with Gasteiger partial charge >= 0.3 is 0 Å². The van der Waals surface area contributed by atoms with Crippen LogP contribution in [-0.2, 0) is 4.79 Å². The van der Waals surface area contributed by atoms with Gasteiger partial charge < -0.3 is 14.5 Å². The molecule has 5 nitrogen and oxygen atoms in total. The molecule has 2 aliphatic rings. The number of rotatable bonds is 1. The first kappa shape index (κ1) is 16.7. The highest BCUT2D eigenvalue weighted by atomic mass is 19.1. The molecule has 1 aromatic carbocycles. The van der Waals surface area contributed by atoms with Gasteiger partial charge in [0.2, 0.25) is 5.91 Å². The Balaban J connectivity index is 1.84. The molecule has 2 heterocycles. The Kier molecular flexibility index (Phi) is 4.01. The van der Waals surface area contributed by atoms with E-state index in [-0.39, 0.29) is 35.1 Å². The lowest BCUT2D eigenvalue weighted by atomic mass is 9.92. The molecule has 0 spiro atoms. The van der Waals surface area contributed by atoms with E-state index in [1.165, 1.54) is 18.2 Å². The minimum absolute atomic E-state index is 0.0551. The molecule has 1 saturated heterocycles. The van der Waals surface area contributed by atoms with E-state index in [1.807, 2.05) is 20.8 Å². The lowest BCUT2D eigenvalue weighted by Crippen LogP contribution is -2.44. The van der Waals surface area contributed by atoms with Crippen molar-refractivity contribution in [1.82, 2.24) is 9.80 Å². The number of ether oxygens (including phenoxy) is 1. The second-order valence-corrected chi connectivity index (χ2v) is 7.82. The Bertz CT molecular complexity index is 683. The number of carbonyl (C=O) groups is 2. The first-order chi connectivity index (χ1) is 11.2. The minimum Gasteiger partial charge on any atom is -0.485 e. The van der Waals surface area contributed by atoms with Crippen molar-refractivity contribution in [3.63, 3.8) is 0 Å². The molecule has 0 N–H and O–H groups in total. The summed E-state index contributed by atoms with van der Waals surface area (Å²) in [5.74, 6) is -0.340. The number of carbonyl (C=O) groups excluding carboxylic acids is 2. The summed E-state index contributed by atoms with van der Waals surface area (Å²) in [5.41, 5.74) is 0.265. The van der Waals surface area contributed by atoms with Gasteiger partial charge in [-0.05, 0) is 17.5 Å². The van der Waals surface area contributed by atoms with E-state index >= 15 is 0 Å². The van der Waals surface area contributed by atoms with Crippen LogP contribution in [-0.4, -0.2) is 53.9 Å². The summed E-state index contributed by atoms with van der Waals surface area (Å²) >= 11 is 0. The van der Waals surface area contributed by atoms with Gasteiger partial charge in [-0.2, -0.15) is 0 Å². The smallest absolute Gasteiger partial charge is 0.257 e. The van der Waals surface area contributed by atoms with Crippen LogP contribution in [0.15, 0.2) is 18.2 Å². The molecule has 0 saturated carbocycles. The molecule has 0 bridgehead atoms. The van der Waals surface area contributed by atoms with Crippen molar-refractivity contribution < 1.29 is 18.7 Å². The number of likely N-dealkylation sites (N-methyl/N-ethyl adjacent to an activating group) is 1. The average molecular weight is 334 g/mol. The van der Waals surface area contributed by atoms with Crippen LogP contribution in [0.1, 0.15) is 37.6 Å². The molecule has 24 heavy (non-hydrogen) atoms. The van der Waals surface area contributed by atoms with Crippen LogP contribution >= 0.6 is 0 Å². The quantitative estimate of drug-likeness (QED) is 0.792. The highest BCUT2D eigenvalue weighted by Gasteiger charge is 2.44. The third kappa shape index (κ3) is 3.09. The number of nitrogens with zero attached hydrogens (tertiary/aromatic N) is 2. The molecule has 6 heteroatoms.